The van der Waals surface area contributed by atoms with Crippen LogP contribution in [-0.2, 0) is 27.3 Å². The summed E-state index contributed by atoms with van der Waals surface area (Å²) in [6.45, 7) is 6.60. The molecule has 1 N–H and O–H groups in total. The van der Waals surface area contributed by atoms with Gasteiger partial charge in [-0.15, -0.1) is 0 Å². The van der Waals surface area contributed by atoms with Crippen LogP contribution >= 0.6 is 0 Å². The monoisotopic (exact) mass is 479 g/mol. The number of nitrogens with zero attached hydrogens (tertiary/aromatic N) is 1. The number of carboxylic acids is 1. The normalized spacial score (nSPS) is 20.1. The first-order valence-electron chi connectivity index (χ1n) is 12.9. The first-order valence-corrected chi connectivity index (χ1v) is 12.9. The molecule has 0 spiro atoms. The summed E-state index contributed by atoms with van der Waals surface area (Å²) >= 11 is 0. The molecule has 3 atom stereocenters. The van der Waals surface area contributed by atoms with Crippen molar-refractivity contribution in [3.63, 3.8) is 0 Å². The van der Waals surface area contributed by atoms with Crippen molar-refractivity contribution in [3.8, 4) is 11.5 Å². The Morgan fingerprint density at radius 3 is 2.71 bits per heavy atom. The SMILES string of the molecule is CCCC(C)(OCC1CCC[C@H](OCc2nc(-c3ccc4ccccc4c3)oc2CC)C1)C(=O)O. The summed E-state index contributed by atoms with van der Waals surface area (Å²) < 4.78 is 18.3. The van der Waals surface area contributed by atoms with Gasteiger partial charge in [0.1, 0.15) is 11.5 Å². The van der Waals surface area contributed by atoms with Crippen LogP contribution in [0, 0.1) is 5.92 Å². The second-order valence-electron chi connectivity index (χ2n) is 9.87. The lowest BCUT2D eigenvalue weighted by Gasteiger charge is -2.32. The number of carboxylic acid groups (broad SMARTS) is 1. The Balaban J connectivity index is 1.37. The lowest BCUT2D eigenvalue weighted by molar-refractivity contribution is -0.167. The third-order valence-corrected chi connectivity index (χ3v) is 7.10. The highest BCUT2D eigenvalue weighted by atomic mass is 16.5. The maximum atomic E-state index is 11.7. The van der Waals surface area contributed by atoms with Crippen molar-refractivity contribution in [3.05, 3.63) is 53.9 Å². The van der Waals surface area contributed by atoms with Gasteiger partial charge in [-0.1, -0.05) is 57.0 Å². The highest BCUT2D eigenvalue weighted by Gasteiger charge is 2.35. The molecule has 0 saturated heterocycles. The summed E-state index contributed by atoms with van der Waals surface area (Å²) in [7, 11) is 0. The molecule has 2 unspecified atom stereocenters. The number of fused-ring (bicyclic) bond motifs is 1. The fourth-order valence-corrected chi connectivity index (χ4v) is 4.98. The Kier molecular flexibility index (Phi) is 8.24. The zero-order valence-corrected chi connectivity index (χ0v) is 21.1. The lowest BCUT2D eigenvalue weighted by atomic mass is 9.87. The summed E-state index contributed by atoms with van der Waals surface area (Å²) in [5.41, 5.74) is 0.710. The number of rotatable bonds is 11. The number of hydrogen-bond acceptors (Lipinski definition) is 5. The molecule has 6 nitrogen and oxygen atoms in total. The molecule has 1 saturated carbocycles. The second kappa shape index (κ2) is 11.4. The summed E-state index contributed by atoms with van der Waals surface area (Å²) in [5.74, 6) is 0.911. The third kappa shape index (κ3) is 6.11. The van der Waals surface area contributed by atoms with Gasteiger partial charge < -0.3 is 19.0 Å². The number of carbonyl (C=O) groups is 1. The largest absolute Gasteiger partial charge is 0.479 e. The van der Waals surface area contributed by atoms with Crippen LogP contribution in [0.1, 0.15) is 70.8 Å². The minimum Gasteiger partial charge on any atom is -0.479 e. The Labute approximate surface area is 207 Å². The fraction of sp³-hybridized carbons (Fsp3) is 0.517. The minimum atomic E-state index is -1.11. The molecular weight excluding hydrogens is 442 g/mol. The van der Waals surface area contributed by atoms with Gasteiger partial charge in [0.05, 0.1) is 19.3 Å². The van der Waals surface area contributed by atoms with E-state index in [0.717, 1.165) is 60.9 Å². The van der Waals surface area contributed by atoms with Crippen molar-refractivity contribution >= 4 is 16.7 Å². The molecule has 1 aliphatic carbocycles. The molecule has 1 aliphatic rings. The van der Waals surface area contributed by atoms with Crippen LogP contribution in [0.15, 0.2) is 46.9 Å². The summed E-state index contributed by atoms with van der Waals surface area (Å²) in [6.07, 6.45) is 6.13. The number of aliphatic carboxylic acids is 1. The number of aromatic nitrogens is 1. The van der Waals surface area contributed by atoms with E-state index in [1.54, 1.807) is 6.92 Å². The van der Waals surface area contributed by atoms with Crippen LogP contribution in [0.4, 0.5) is 0 Å². The summed E-state index contributed by atoms with van der Waals surface area (Å²) in [6, 6.07) is 14.5. The van der Waals surface area contributed by atoms with E-state index in [4.69, 9.17) is 18.9 Å². The molecule has 35 heavy (non-hydrogen) atoms. The van der Waals surface area contributed by atoms with Gasteiger partial charge in [0.2, 0.25) is 5.89 Å². The van der Waals surface area contributed by atoms with Crippen molar-refractivity contribution in [1.82, 2.24) is 4.98 Å². The van der Waals surface area contributed by atoms with Gasteiger partial charge in [-0.05, 0) is 61.4 Å². The molecule has 0 aliphatic heterocycles. The molecule has 0 amide bonds. The van der Waals surface area contributed by atoms with Crippen LogP contribution in [0.25, 0.3) is 22.2 Å². The van der Waals surface area contributed by atoms with Crippen molar-refractivity contribution < 1.29 is 23.8 Å². The first-order chi connectivity index (χ1) is 16.9. The van der Waals surface area contributed by atoms with E-state index in [9.17, 15) is 9.90 Å². The van der Waals surface area contributed by atoms with Gasteiger partial charge in [0.15, 0.2) is 5.60 Å². The minimum absolute atomic E-state index is 0.116. The van der Waals surface area contributed by atoms with E-state index in [1.807, 2.05) is 25.1 Å². The maximum Gasteiger partial charge on any atom is 0.335 e. The van der Waals surface area contributed by atoms with E-state index in [2.05, 4.69) is 31.2 Å². The summed E-state index contributed by atoms with van der Waals surface area (Å²) in [4.78, 5) is 16.5. The number of oxazole rings is 1. The van der Waals surface area contributed by atoms with Gasteiger partial charge >= 0.3 is 5.97 Å². The van der Waals surface area contributed by atoms with Crippen LogP contribution < -0.4 is 0 Å². The Morgan fingerprint density at radius 2 is 1.97 bits per heavy atom. The molecule has 3 aromatic rings. The van der Waals surface area contributed by atoms with E-state index >= 15 is 0 Å². The molecule has 6 heteroatoms. The standard InChI is InChI=1S/C29H37NO5/c1-4-15-29(3,28(31)32)34-18-20-9-8-12-24(16-20)33-19-25-26(5-2)35-27(30-25)23-14-13-21-10-6-7-11-22(21)17-23/h6-7,10-11,13-14,17,20,24H,4-5,8-9,12,15-16,18-19H2,1-3H3,(H,31,32)/t20?,24-,29?/m0/s1. The van der Waals surface area contributed by atoms with Crippen LogP contribution in [0.2, 0.25) is 0 Å². The second-order valence-corrected chi connectivity index (χ2v) is 9.87. The quantitative estimate of drug-likeness (QED) is 0.326. The molecule has 0 radical (unpaired) electrons. The number of hydrogen-bond donors (Lipinski definition) is 1. The molecule has 1 heterocycles. The lowest BCUT2D eigenvalue weighted by Crippen LogP contribution is -2.40. The van der Waals surface area contributed by atoms with Crippen molar-refractivity contribution in [1.29, 1.82) is 0 Å². The number of benzene rings is 2. The first kappa shape index (κ1) is 25.4. The van der Waals surface area contributed by atoms with Gasteiger partial charge in [0.25, 0.3) is 0 Å². The molecule has 0 bridgehead atoms. The van der Waals surface area contributed by atoms with E-state index in [1.165, 1.54) is 5.39 Å². The topological polar surface area (TPSA) is 81.8 Å². The molecular formula is C29H37NO5. The van der Waals surface area contributed by atoms with Gasteiger partial charge in [0, 0.05) is 12.0 Å². The number of ether oxygens (including phenoxy) is 2. The zero-order valence-electron chi connectivity index (χ0n) is 21.1. The molecule has 2 aromatic carbocycles. The van der Waals surface area contributed by atoms with Crippen molar-refractivity contribution in [2.45, 2.75) is 84.0 Å². The van der Waals surface area contributed by atoms with Crippen LogP contribution in [0.5, 0.6) is 0 Å². The van der Waals surface area contributed by atoms with Gasteiger partial charge in [-0.2, -0.15) is 0 Å². The highest BCUT2D eigenvalue weighted by molar-refractivity contribution is 5.86. The summed E-state index contributed by atoms with van der Waals surface area (Å²) in [5, 5.41) is 11.9. The van der Waals surface area contributed by atoms with Crippen molar-refractivity contribution in [2.75, 3.05) is 6.61 Å². The Hall–Kier alpha value is -2.70. The third-order valence-electron chi connectivity index (χ3n) is 7.10. The maximum absolute atomic E-state index is 11.7. The van der Waals surface area contributed by atoms with Crippen LogP contribution in [-0.4, -0.2) is 34.4 Å². The average Bonchev–Trinajstić information content (AvgIpc) is 3.29. The molecule has 4 rings (SSSR count). The Morgan fingerprint density at radius 1 is 1.17 bits per heavy atom. The zero-order chi connectivity index (χ0) is 24.8. The molecule has 1 aromatic heterocycles. The average molecular weight is 480 g/mol. The highest BCUT2D eigenvalue weighted by Crippen LogP contribution is 2.31. The van der Waals surface area contributed by atoms with E-state index in [0.29, 0.717) is 31.4 Å². The van der Waals surface area contributed by atoms with E-state index < -0.39 is 11.6 Å². The number of aryl methyl sites for hydroxylation is 1. The smallest absolute Gasteiger partial charge is 0.335 e. The van der Waals surface area contributed by atoms with Gasteiger partial charge in [-0.25, -0.2) is 9.78 Å². The predicted molar refractivity (Wildman–Crippen MR) is 136 cm³/mol. The predicted octanol–water partition coefficient (Wildman–Crippen LogP) is 6.79. The Bertz CT molecular complexity index is 1140. The van der Waals surface area contributed by atoms with Gasteiger partial charge in [-0.3, -0.25) is 0 Å². The molecule has 1 fully saturated rings. The van der Waals surface area contributed by atoms with Crippen molar-refractivity contribution in [2.24, 2.45) is 5.92 Å². The molecule has 188 valence electrons. The fourth-order valence-electron chi connectivity index (χ4n) is 4.98. The van der Waals surface area contributed by atoms with E-state index in [-0.39, 0.29) is 6.10 Å². The van der Waals surface area contributed by atoms with Crippen LogP contribution in [0.3, 0.4) is 0 Å².